The van der Waals surface area contributed by atoms with Crippen molar-refractivity contribution in [2.45, 2.75) is 25.7 Å². The van der Waals surface area contributed by atoms with E-state index in [2.05, 4.69) is 6.07 Å². The summed E-state index contributed by atoms with van der Waals surface area (Å²) in [5.41, 5.74) is 4.18. The molecule has 1 N–H and O–H groups in total. The number of hydrogen-bond donors (Lipinski definition) is 1. The molecule has 3 heteroatoms. The largest absolute Gasteiger partial charge is 0.336 e. The summed E-state index contributed by atoms with van der Waals surface area (Å²) in [6.45, 7) is 1.76. The summed E-state index contributed by atoms with van der Waals surface area (Å²) in [5, 5.41) is 8.18. The minimum Gasteiger partial charge on any atom is -0.336 e. The zero-order valence-corrected chi connectivity index (χ0v) is 11.2. The minimum absolute atomic E-state index is 0.196. The van der Waals surface area contributed by atoms with Crippen LogP contribution in [-0.2, 0) is 7.05 Å². The molecule has 3 rings (SSSR count). The average molecular weight is 256 g/mol. The van der Waals surface area contributed by atoms with E-state index in [9.17, 15) is 4.39 Å². The van der Waals surface area contributed by atoms with Crippen LogP contribution < -0.4 is 5.49 Å². The summed E-state index contributed by atoms with van der Waals surface area (Å²) < 4.78 is 15.2. The average Bonchev–Trinajstić information content (AvgIpc) is 3.20. The van der Waals surface area contributed by atoms with Crippen LogP contribution in [-0.4, -0.2) is 4.57 Å². The lowest BCUT2D eigenvalue weighted by Gasteiger charge is -2.10. The first-order valence-electron chi connectivity index (χ1n) is 6.58. The Hall–Kier alpha value is -1.90. The van der Waals surface area contributed by atoms with Crippen LogP contribution >= 0.6 is 0 Å². The fourth-order valence-corrected chi connectivity index (χ4v) is 2.42. The second-order valence-corrected chi connectivity index (χ2v) is 5.38. The molecule has 1 aliphatic rings. The molecular weight excluding hydrogens is 239 g/mol. The van der Waals surface area contributed by atoms with E-state index in [1.54, 1.807) is 13.0 Å². The highest BCUT2D eigenvalue weighted by Gasteiger charge is 2.24. The van der Waals surface area contributed by atoms with E-state index < -0.39 is 0 Å². The second kappa shape index (κ2) is 4.34. The molecule has 1 fully saturated rings. The topological polar surface area (TPSA) is 28.8 Å². The first-order valence-corrected chi connectivity index (χ1v) is 6.58. The van der Waals surface area contributed by atoms with E-state index in [-0.39, 0.29) is 5.82 Å². The van der Waals surface area contributed by atoms with Crippen LogP contribution in [0, 0.1) is 18.2 Å². The van der Waals surface area contributed by atoms with Gasteiger partial charge in [-0.25, -0.2) is 4.39 Å². The van der Waals surface area contributed by atoms with Crippen molar-refractivity contribution in [3.8, 4) is 11.1 Å². The maximum atomic E-state index is 13.4. The highest BCUT2D eigenvalue weighted by Crippen LogP contribution is 2.40. The van der Waals surface area contributed by atoms with Crippen LogP contribution in [0.15, 0.2) is 30.5 Å². The number of aromatic nitrogens is 1. The second-order valence-electron chi connectivity index (χ2n) is 5.38. The lowest BCUT2D eigenvalue weighted by molar-refractivity contribution is 0.618. The summed E-state index contributed by atoms with van der Waals surface area (Å²) in [6, 6.07) is 7.15. The third-order valence-corrected chi connectivity index (χ3v) is 3.78. The smallest absolute Gasteiger partial charge is 0.132 e. The maximum Gasteiger partial charge on any atom is 0.132 e. The van der Waals surface area contributed by atoms with Crippen molar-refractivity contribution in [3.63, 3.8) is 0 Å². The molecule has 1 aromatic carbocycles. The molecule has 1 aliphatic carbocycles. The minimum atomic E-state index is -0.196. The standard InChI is InChI=1S/C16H17FN2/c1-10-7-12(5-6-15(10)17)14-8-13(11-3-4-11)9-19(2)16(14)18/h5-9,11,18H,3-4H2,1-2H3. The van der Waals surface area contributed by atoms with E-state index in [1.165, 1.54) is 24.5 Å². The van der Waals surface area contributed by atoms with Gasteiger partial charge in [0.2, 0.25) is 0 Å². The van der Waals surface area contributed by atoms with Crippen LogP contribution in [0.1, 0.15) is 29.9 Å². The van der Waals surface area contributed by atoms with Gasteiger partial charge in [0.1, 0.15) is 11.3 Å². The van der Waals surface area contributed by atoms with Crippen molar-refractivity contribution >= 4 is 0 Å². The molecule has 2 aromatic rings. The van der Waals surface area contributed by atoms with Gasteiger partial charge < -0.3 is 4.57 Å². The summed E-state index contributed by atoms with van der Waals surface area (Å²) in [4.78, 5) is 0. The van der Waals surface area contributed by atoms with Gasteiger partial charge in [-0.15, -0.1) is 0 Å². The molecule has 0 bridgehead atoms. The molecule has 19 heavy (non-hydrogen) atoms. The molecule has 0 unspecified atom stereocenters. The summed E-state index contributed by atoms with van der Waals surface area (Å²) in [7, 11) is 1.90. The highest BCUT2D eigenvalue weighted by molar-refractivity contribution is 5.64. The van der Waals surface area contributed by atoms with Crippen molar-refractivity contribution in [2.24, 2.45) is 7.05 Å². The van der Waals surface area contributed by atoms with E-state index >= 15 is 0 Å². The van der Waals surface area contributed by atoms with Gasteiger partial charge in [0.15, 0.2) is 0 Å². The summed E-state index contributed by atoms with van der Waals surface area (Å²) in [5.74, 6) is 0.449. The monoisotopic (exact) mass is 256 g/mol. The molecule has 2 nitrogen and oxygen atoms in total. The Morgan fingerprint density at radius 1 is 1.26 bits per heavy atom. The molecular formula is C16H17FN2. The molecule has 0 spiro atoms. The van der Waals surface area contributed by atoms with Gasteiger partial charge in [-0.1, -0.05) is 6.07 Å². The number of nitrogens with one attached hydrogen (secondary N) is 1. The van der Waals surface area contributed by atoms with E-state index in [0.717, 1.165) is 11.1 Å². The number of halogens is 1. The number of hydrogen-bond acceptors (Lipinski definition) is 1. The summed E-state index contributed by atoms with van der Waals surface area (Å²) >= 11 is 0. The van der Waals surface area contributed by atoms with Crippen molar-refractivity contribution < 1.29 is 4.39 Å². The number of benzene rings is 1. The predicted octanol–water partition coefficient (Wildman–Crippen LogP) is 3.50. The number of pyridine rings is 1. The van der Waals surface area contributed by atoms with Gasteiger partial charge in [0.25, 0.3) is 0 Å². The zero-order chi connectivity index (χ0) is 13.6. The maximum absolute atomic E-state index is 13.4. The molecule has 1 aromatic heterocycles. The Labute approximate surface area is 112 Å². The van der Waals surface area contributed by atoms with Gasteiger partial charge in [-0.05, 0) is 60.6 Å². The zero-order valence-electron chi connectivity index (χ0n) is 11.2. The van der Waals surface area contributed by atoms with Gasteiger partial charge in [0, 0.05) is 18.8 Å². The van der Waals surface area contributed by atoms with Crippen LogP contribution in [0.4, 0.5) is 4.39 Å². The third kappa shape index (κ3) is 2.21. The molecule has 0 atom stereocenters. The molecule has 1 heterocycles. The highest BCUT2D eigenvalue weighted by atomic mass is 19.1. The Balaban J connectivity index is 2.17. The Morgan fingerprint density at radius 3 is 2.63 bits per heavy atom. The van der Waals surface area contributed by atoms with Crippen LogP contribution in [0.25, 0.3) is 11.1 Å². The fraction of sp³-hybridized carbons (Fsp3) is 0.312. The quantitative estimate of drug-likeness (QED) is 0.852. The van der Waals surface area contributed by atoms with Crippen LogP contribution in [0.3, 0.4) is 0 Å². The van der Waals surface area contributed by atoms with Crippen molar-refractivity contribution in [1.82, 2.24) is 4.57 Å². The Morgan fingerprint density at radius 2 is 2.00 bits per heavy atom. The molecule has 1 saturated carbocycles. The summed E-state index contributed by atoms with van der Waals surface area (Å²) in [6.07, 6.45) is 4.51. The number of rotatable bonds is 2. The van der Waals surface area contributed by atoms with Gasteiger partial charge in [0.05, 0.1) is 0 Å². The van der Waals surface area contributed by atoms with Gasteiger partial charge in [-0.3, -0.25) is 5.41 Å². The van der Waals surface area contributed by atoms with Crippen molar-refractivity contribution in [2.75, 3.05) is 0 Å². The molecule has 0 aliphatic heterocycles. The molecule has 0 saturated heterocycles. The first kappa shape index (κ1) is 12.2. The first-order chi connectivity index (χ1) is 9.06. The van der Waals surface area contributed by atoms with Crippen LogP contribution in [0.5, 0.6) is 0 Å². The lowest BCUT2D eigenvalue weighted by Crippen LogP contribution is -2.19. The third-order valence-electron chi connectivity index (χ3n) is 3.78. The van der Waals surface area contributed by atoms with E-state index in [1.807, 2.05) is 23.9 Å². The van der Waals surface area contributed by atoms with Crippen LogP contribution in [0.2, 0.25) is 0 Å². The normalized spacial score (nSPS) is 14.7. The molecule has 0 radical (unpaired) electrons. The van der Waals surface area contributed by atoms with Gasteiger partial charge in [-0.2, -0.15) is 0 Å². The number of nitrogens with zero attached hydrogens (tertiary/aromatic N) is 1. The van der Waals surface area contributed by atoms with Crippen molar-refractivity contribution in [3.05, 3.63) is 52.9 Å². The SMILES string of the molecule is Cc1cc(-c2cc(C3CC3)cn(C)c2=N)ccc1F. The fourth-order valence-electron chi connectivity index (χ4n) is 2.42. The van der Waals surface area contributed by atoms with E-state index in [4.69, 9.17) is 5.41 Å². The number of aryl methyl sites for hydroxylation is 2. The molecule has 0 amide bonds. The van der Waals surface area contributed by atoms with Crippen molar-refractivity contribution in [1.29, 1.82) is 5.41 Å². The predicted molar refractivity (Wildman–Crippen MR) is 73.4 cm³/mol. The Bertz CT molecular complexity index is 696. The van der Waals surface area contributed by atoms with E-state index in [0.29, 0.717) is 17.0 Å². The lowest BCUT2D eigenvalue weighted by atomic mass is 10.0. The molecule has 98 valence electrons. The van der Waals surface area contributed by atoms with Gasteiger partial charge >= 0.3 is 0 Å². The Kier molecular flexibility index (Phi) is 2.77.